The average Bonchev–Trinajstić information content (AvgIpc) is 2.93. The summed E-state index contributed by atoms with van der Waals surface area (Å²) in [6, 6.07) is 0. The van der Waals surface area contributed by atoms with Crippen molar-refractivity contribution in [2.24, 2.45) is 23.7 Å². The molecule has 2 saturated heterocycles. The summed E-state index contributed by atoms with van der Waals surface area (Å²) >= 11 is 0. The quantitative estimate of drug-likeness (QED) is 0.801. The highest BCUT2D eigenvalue weighted by molar-refractivity contribution is 4.95. The predicted octanol–water partition coefficient (Wildman–Crippen LogP) is 2.99. The van der Waals surface area contributed by atoms with Gasteiger partial charge in [0.25, 0.3) is 0 Å². The molecule has 2 heteroatoms. The Hall–Kier alpha value is -0.0800. The highest BCUT2D eigenvalue weighted by Gasteiger charge is 2.46. The lowest BCUT2D eigenvalue weighted by atomic mass is 9.70. The van der Waals surface area contributed by atoms with Crippen molar-refractivity contribution in [1.29, 1.82) is 0 Å². The first-order valence-electron chi connectivity index (χ1n) is 7.48. The molecule has 2 bridgehead atoms. The first kappa shape index (κ1) is 12.0. The molecule has 2 aliphatic heterocycles. The standard InChI is InChI=1S/C15H26O2/c1-9-3-4-11(7-10(9)2)15(16)13-8-12-5-6-14(13)17-12/h9-16H,3-8H2,1-2H3. The topological polar surface area (TPSA) is 29.5 Å². The number of aliphatic hydroxyl groups is 1. The summed E-state index contributed by atoms with van der Waals surface area (Å²) in [5.74, 6) is 2.60. The zero-order chi connectivity index (χ0) is 12.0. The third-order valence-electron chi connectivity index (χ3n) is 5.71. The van der Waals surface area contributed by atoms with Gasteiger partial charge in [-0.2, -0.15) is 0 Å². The van der Waals surface area contributed by atoms with Crippen LogP contribution in [0.5, 0.6) is 0 Å². The van der Waals surface area contributed by atoms with Gasteiger partial charge in [-0.05, 0) is 49.9 Å². The van der Waals surface area contributed by atoms with Crippen LogP contribution in [0, 0.1) is 23.7 Å². The molecule has 1 aliphatic carbocycles. The number of hydrogen-bond acceptors (Lipinski definition) is 2. The molecule has 7 atom stereocenters. The monoisotopic (exact) mass is 238 g/mol. The highest BCUT2D eigenvalue weighted by Crippen LogP contribution is 2.45. The fraction of sp³-hybridized carbons (Fsp3) is 1.00. The molecule has 0 radical (unpaired) electrons. The van der Waals surface area contributed by atoms with Crippen LogP contribution in [-0.2, 0) is 4.74 Å². The molecule has 7 unspecified atom stereocenters. The number of fused-ring (bicyclic) bond motifs is 2. The minimum absolute atomic E-state index is 0.0970. The van der Waals surface area contributed by atoms with Crippen LogP contribution < -0.4 is 0 Å². The van der Waals surface area contributed by atoms with Crippen molar-refractivity contribution in [1.82, 2.24) is 0 Å². The summed E-state index contributed by atoms with van der Waals surface area (Å²) in [5, 5.41) is 10.6. The predicted molar refractivity (Wildman–Crippen MR) is 67.7 cm³/mol. The van der Waals surface area contributed by atoms with Gasteiger partial charge in [-0.1, -0.05) is 20.3 Å². The molecule has 3 aliphatic rings. The third kappa shape index (κ3) is 2.15. The number of rotatable bonds is 2. The van der Waals surface area contributed by atoms with Crippen LogP contribution in [0.1, 0.15) is 52.4 Å². The van der Waals surface area contributed by atoms with Crippen LogP contribution >= 0.6 is 0 Å². The molecule has 0 aromatic rings. The van der Waals surface area contributed by atoms with Crippen molar-refractivity contribution in [3.05, 3.63) is 0 Å². The van der Waals surface area contributed by atoms with E-state index < -0.39 is 0 Å². The number of hydrogen-bond donors (Lipinski definition) is 1. The van der Waals surface area contributed by atoms with Gasteiger partial charge in [-0.25, -0.2) is 0 Å². The van der Waals surface area contributed by atoms with Crippen molar-refractivity contribution in [3.8, 4) is 0 Å². The normalized spacial score (nSPS) is 51.7. The van der Waals surface area contributed by atoms with Crippen molar-refractivity contribution >= 4 is 0 Å². The van der Waals surface area contributed by atoms with Gasteiger partial charge in [-0.3, -0.25) is 0 Å². The van der Waals surface area contributed by atoms with E-state index in [0.717, 1.165) is 18.3 Å². The highest BCUT2D eigenvalue weighted by atomic mass is 16.5. The molecule has 0 aromatic heterocycles. The molecular formula is C15H26O2. The Morgan fingerprint density at radius 2 is 1.82 bits per heavy atom. The first-order chi connectivity index (χ1) is 8.15. The Balaban J connectivity index is 1.61. The van der Waals surface area contributed by atoms with Crippen LogP contribution in [0.15, 0.2) is 0 Å². The van der Waals surface area contributed by atoms with Gasteiger partial charge in [0.2, 0.25) is 0 Å². The Kier molecular flexibility index (Phi) is 3.20. The first-order valence-corrected chi connectivity index (χ1v) is 7.48. The summed E-state index contributed by atoms with van der Waals surface area (Å²) in [6.45, 7) is 4.70. The summed E-state index contributed by atoms with van der Waals surface area (Å²) in [7, 11) is 0. The lowest BCUT2D eigenvalue weighted by Gasteiger charge is -2.38. The van der Waals surface area contributed by atoms with Crippen molar-refractivity contribution in [2.75, 3.05) is 0 Å². The summed E-state index contributed by atoms with van der Waals surface area (Å²) in [6.07, 6.45) is 8.02. The molecule has 1 saturated carbocycles. The van der Waals surface area contributed by atoms with E-state index in [2.05, 4.69) is 13.8 Å². The second kappa shape index (κ2) is 4.55. The zero-order valence-electron chi connectivity index (χ0n) is 11.1. The largest absolute Gasteiger partial charge is 0.392 e. The van der Waals surface area contributed by atoms with E-state index in [-0.39, 0.29) is 6.10 Å². The van der Waals surface area contributed by atoms with E-state index >= 15 is 0 Å². The van der Waals surface area contributed by atoms with E-state index in [1.54, 1.807) is 0 Å². The van der Waals surface area contributed by atoms with Crippen LogP contribution in [0.3, 0.4) is 0 Å². The van der Waals surface area contributed by atoms with Crippen molar-refractivity contribution in [2.45, 2.75) is 70.7 Å². The lowest BCUT2D eigenvalue weighted by molar-refractivity contribution is -0.0126. The molecule has 2 nitrogen and oxygen atoms in total. The van der Waals surface area contributed by atoms with Crippen molar-refractivity contribution in [3.63, 3.8) is 0 Å². The second-order valence-corrected chi connectivity index (χ2v) is 6.79. The Morgan fingerprint density at radius 3 is 2.41 bits per heavy atom. The van der Waals surface area contributed by atoms with Crippen LogP contribution in [0.25, 0.3) is 0 Å². The van der Waals surface area contributed by atoms with Gasteiger partial charge in [-0.15, -0.1) is 0 Å². The smallest absolute Gasteiger partial charge is 0.0633 e. The van der Waals surface area contributed by atoms with E-state index in [0.29, 0.717) is 24.0 Å². The molecule has 1 N–H and O–H groups in total. The Bertz CT molecular complexity index is 278. The minimum atomic E-state index is -0.0970. The summed E-state index contributed by atoms with van der Waals surface area (Å²) in [4.78, 5) is 0. The Morgan fingerprint density at radius 1 is 1.00 bits per heavy atom. The molecule has 0 aromatic carbocycles. The lowest BCUT2D eigenvalue weighted by Crippen LogP contribution is -2.38. The van der Waals surface area contributed by atoms with Gasteiger partial charge in [0.1, 0.15) is 0 Å². The van der Waals surface area contributed by atoms with E-state index in [4.69, 9.17) is 4.74 Å². The van der Waals surface area contributed by atoms with Gasteiger partial charge >= 0.3 is 0 Å². The van der Waals surface area contributed by atoms with Crippen molar-refractivity contribution < 1.29 is 9.84 Å². The fourth-order valence-electron chi connectivity index (χ4n) is 4.29. The third-order valence-corrected chi connectivity index (χ3v) is 5.71. The van der Waals surface area contributed by atoms with Crippen LogP contribution in [0.4, 0.5) is 0 Å². The van der Waals surface area contributed by atoms with Crippen LogP contribution in [0.2, 0.25) is 0 Å². The molecule has 3 fully saturated rings. The van der Waals surface area contributed by atoms with E-state index in [1.807, 2.05) is 0 Å². The maximum Gasteiger partial charge on any atom is 0.0633 e. The molecule has 0 amide bonds. The molecule has 2 heterocycles. The fourth-order valence-corrected chi connectivity index (χ4v) is 4.29. The molecule has 3 rings (SSSR count). The second-order valence-electron chi connectivity index (χ2n) is 6.79. The van der Waals surface area contributed by atoms with Gasteiger partial charge < -0.3 is 9.84 Å². The molecular weight excluding hydrogens is 212 g/mol. The zero-order valence-corrected chi connectivity index (χ0v) is 11.1. The average molecular weight is 238 g/mol. The molecule has 98 valence electrons. The minimum Gasteiger partial charge on any atom is -0.392 e. The van der Waals surface area contributed by atoms with Gasteiger partial charge in [0, 0.05) is 5.92 Å². The number of aliphatic hydroxyl groups excluding tert-OH is 1. The number of ether oxygens (including phenoxy) is 1. The maximum atomic E-state index is 10.6. The SMILES string of the molecule is CC1CCC(C(O)C2CC3CCC2O3)CC1C. The van der Waals surface area contributed by atoms with E-state index in [9.17, 15) is 5.11 Å². The van der Waals surface area contributed by atoms with Gasteiger partial charge in [0.15, 0.2) is 0 Å². The Labute approximate surface area is 105 Å². The molecule has 0 spiro atoms. The van der Waals surface area contributed by atoms with E-state index in [1.165, 1.54) is 32.1 Å². The summed E-state index contributed by atoms with van der Waals surface area (Å²) < 4.78 is 5.88. The maximum absolute atomic E-state index is 10.6. The van der Waals surface area contributed by atoms with Crippen LogP contribution in [-0.4, -0.2) is 23.4 Å². The molecule has 17 heavy (non-hydrogen) atoms. The van der Waals surface area contributed by atoms with Gasteiger partial charge in [0.05, 0.1) is 18.3 Å². The summed E-state index contributed by atoms with van der Waals surface area (Å²) in [5.41, 5.74) is 0.